The zero-order valence-corrected chi connectivity index (χ0v) is 21.8. The Bertz CT molecular complexity index is 1040. The van der Waals surface area contributed by atoms with Gasteiger partial charge in [-0.1, -0.05) is 37.5 Å². The highest BCUT2D eigenvalue weighted by atomic mass is 35.5. The second-order valence-corrected chi connectivity index (χ2v) is 10.1. The van der Waals surface area contributed by atoms with Crippen molar-refractivity contribution in [1.29, 1.82) is 0 Å². The van der Waals surface area contributed by atoms with E-state index in [1.807, 2.05) is 25.1 Å². The van der Waals surface area contributed by atoms with Crippen molar-refractivity contribution in [3.8, 4) is 11.5 Å². The lowest BCUT2D eigenvalue weighted by molar-refractivity contribution is -0.124. The van der Waals surface area contributed by atoms with Gasteiger partial charge < -0.3 is 20.1 Å². The molecule has 2 aromatic rings. The molecule has 0 spiro atoms. The van der Waals surface area contributed by atoms with Gasteiger partial charge >= 0.3 is 0 Å². The van der Waals surface area contributed by atoms with Crippen LogP contribution in [0.25, 0.3) is 0 Å². The number of hydrogen-bond acceptors (Lipinski definition) is 6. The Morgan fingerprint density at radius 2 is 1.69 bits per heavy atom. The van der Waals surface area contributed by atoms with Gasteiger partial charge in [-0.05, 0) is 68.1 Å². The van der Waals surface area contributed by atoms with E-state index in [1.165, 1.54) is 31.4 Å². The van der Waals surface area contributed by atoms with E-state index in [2.05, 4.69) is 10.6 Å². The number of primary sulfonamides is 1. The molecular weight excluding hydrogens is 490 g/mol. The maximum absolute atomic E-state index is 12.3. The number of ether oxygens (including phenoxy) is 2. The van der Waals surface area contributed by atoms with Gasteiger partial charge in [-0.2, -0.15) is 0 Å². The fraction of sp³-hybridized carbons (Fsp3) is 0.480. The first-order valence-electron chi connectivity index (χ1n) is 11.9. The lowest BCUT2D eigenvalue weighted by Crippen LogP contribution is -2.39. The van der Waals surface area contributed by atoms with Gasteiger partial charge in [0.1, 0.15) is 0 Å². The van der Waals surface area contributed by atoms with E-state index in [-0.39, 0.29) is 35.9 Å². The molecule has 2 aromatic carbocycles. The predicted octanol–water partition coefficient (Wildman–Crippen LogP) is 3.31. The highest BCUT2D eigenvalue weighted by Crippen LogP contribution is 2.28. The first-order chi connectivity index (χ1) is 16.3. The minimum atomic E-state index is -3.67. The Labute approximate surface area is 214 Å². The summed E-state index contributed by atoms with van der Waals surface area (Å²) in [5, 5.41) is 11.6. The molecule has 0 heterocycles. The molecule has 0 bridgehead atoms. The molecule has 4 N–H and O–H groups in total. The third kappa shape index (κ3) is 9.68. The largest absolute Gasteiger partial charge is 0.490 e. The monoisotopic (exact) mass is 525 g/mol. The van der Waals surface area contributed by atoms with Crippen molar-refractivity contribution < 1.29 is 22.7 Å². The molecule has 1 saturated carbocycles. The molecule has 35 heavy (non-hydrogen) atoms. The summed E-state index contributed by atoms with van der Waals surface area (Å²) in [6.45, 7) is 3.73. The molecule has 0 atom stereocenters. The highest BCUT2D eigenvalue weighted by molar-refractivity contribution is 7.89. The number of halogens is 1. The first-order valence-corrected chi connectivity index (χ1v) is 13.4. The van der Waals surface area contributed by atoms with Crippen molar-refractivity contribution in [3.63, 3.8) is 0 Å². The van der Waals surface area contributed by atoms with Crippen LogP contribution >= 0.6 is 12.4 Å². The zero-order valence-electron chi connectivity index (χ0n) is 20.1. The number of benzene rings is 2. The van der Waals surface area contributed by atoms with E-state index in [0.29, 0.717) is 24.7 Å². The van der Waals surface area contributed by atoms with Crippen molar-refractivity contribution in [1.82, 2.24) is 10.6 Å². The van der Waals surface area contributed by atoms with Gasteiger partial charge in [0, 0.05) is 12.6 Å². The van der Waals surface area contributed by atoms with E-state index >= 15 is 0 Å². The van der Waals surface area contributed by atoms with Crippen LogP contribution in [0.15, 0.2) is 47.4 Å². The number of carbonyl (C=O) groups is 1. The van der Waals surface area contributed by atoms with Crippen LogP contribution in [0.2, 0.25) is 0 Å². The standard InChI is InChI=1S/C25H35N3O5S.ClH/c1-2-32-24-16-20(17-27-15-14-19-8-11-22(12-9-19)34(26,30)31)10-13-23(24)33-18-25(29)28-21-6-4-3-5-7-21;/h8-13,16,21,27H,2-7,14-15,17-18H2,1H3,(H,28,29)(H2,26,30,31);1H. The zero-order chi connectivity index (χ0) is 24.4. The number of amides is 1. The van der Waals surface area contributed by atoms with Crippen LogP contribution in [0.1, 0.15) is 50.2 Å². The number of nitrogens with two attached hydrogens (primary N) is 1. The molecular formula is C25H36ClN3O5S. The van der Waals surface area contributed by atoms with Crippen LogP contribution in [-0.2, 0) is 27.8 Å². The molecule has 1 amide bonds. The molecule has 8 nitrogen and oxygen atoms in total. The molecule has 1 aliphatic rings. The lowest BCUT2D eigenvalue weighted by atomic mass is 9.95. The van der Waals surface area contributed by atoms with Gasteiger partial charge in [0.25, 0.3) is 5.91 Å². The Balaban J connectivity index is 0.00000432. The van der Waals surface area contributed by atoms with Crippen molar-refractivity contribution in [2.75, 3.05) is 19.8 Å². The third-order valence-electron chi connectivity index (χ3n) is 5.81. The molecule has 0 saturated heterocycles. The summed E-state index contributed by atoms with van der Waals surface area (Å²) in [4.78, 5) is 12.4. The topological polar surface area (TPSA) is 120 Å². The predicted molar refractivity (Wildman–Crippen MR) is 139 cm³/mol. The molecule has 0 aromatic heterocycles. The normalized spacial score (nSPS) is 14.1. The number of sulfonamides is 1. The van der Waals surface area contributed by atoms with E-state index < -0.39 is 10.0 Å². The minimum absolute atomic E-state index is 0. The Hall–Kier alpha value is -2.33. The molecule has 0 aliphatic heterocycles. The van der Waals surface area contributed by atoms with Crippen LogP contribution in [0.5, 0.6) is 11.5 Å². The van der Waals surface area contributed by atoms with Gasteiger partial charge in [0.05, 0.1) is 11.5 Å². The Kier molecular flexibility index (Phi) is 11.8. The van der Waals surface area contributed by atoms with Crippen LogP contribution in [-0.4, -0.2) is 40.1 Å². The molecule has 0 unspecified atom stereocenters. The smallest absolute Gasteiger partial charge is 0.258 e. The second kappa shape index (κ2) is 14.3. The molecule has 10 heteroatoms. The fourth-order valence-electron chi connectivity index (χ4n) is 4.02. The summed E-state index contributed by atoms with van der Waals surface area (Å²) in [5.74, 6) is 1.07. The second-order valence-electron chi connectivity index (χ2n) is 8.52. The molecule has 3 rings (SSSR count). The van der Waals surface area contributed by atoms with Gasteiger partial charge in [-0.15, -0.1) is 12.4 Å². The van der Waals surface area contributed by atoms with Crippen LogP contribution in [0.3, 0.4) is 0 Å². The third-order valence-corrected chi connectivity index (χ3v) is 6.74. The number of hydrogen-bond donors (Lipinski definition) is 3. The number of nitrogens with one attached hydrogen (secondary N) is 2. The lowest BCUT2D eigenvalue weighted by Gasteiger charge is -2.22. The molecule has 194 valence electrons. The summed E-state index contributed by atoms with van der Waals surface area (Å²) in [6, 6.07) is 12.5. The SMILES string of the molecule is CCOc1cc(CNCCc2ccc(S(N)(=O)=O)cc2)ccc1OCC(=O)NC1CCCCC1.Cl. The first kappa shape index (κ1) is 28.9. The average molecular weight is 526 g/mol. The summed E-state index contributed by atoms with van der Waals surface area (Å²) >= 11 is 0. The fourth-order valence-corrected chi connectivity index (χ4v) is 4.54. The van der Waals surface area contributed by atoms with Crippen LogP contribution in [0.4, 0.5) is 0 Å². The van der Waals surface area contributed by atoms with Crippen LogP contribution in [0, 0.1) is 0 Å². The summed E-state index contributed by atoms with van der Waals surface area (Å²) < 4.78 is 34.2. The van der Waals surface area contributed by atoms with Gasteiger partial charge in [0.15, 0.2) is 18.1 Å². The van der Waals surface area contributed by atoms with Crippen LogP contribution < -0.4 is 25.2 Å². The van der Waals surface area contributed by atoms with E-state index in [9.17, 15) is 13.2 Å². The summed E-state index contributed by atoms with van der Waals surface area (Å²) in [7, 11) is -3.67. The van der Waals surface area contributed by atoms with E-state index in [0.717, 1.165) is 36.9 Å². The molecule has 0 radical (unpaired) electrons. The Morgan fingerprint density at radius 3 is 2.34 bits per heavy atom. The quantitative estimate of drug-likeness (QED) is 0.366. The van der Waals surface area contributed by atoms with Crippen molar-refractivity contribution in [2.45, 2.75) is 62.9 Å². The van der Waals surface area contributed by atoms with E-state index in [1.54, 1.807) is 12.1 Å². The molecule has 1 aliphatic carbocycles. The number of carbonyl (C=O) groups excluding carboxylic acids is 1. The maximum Gasteiger partial charge on any atom is 0.258 e. The van der Waals surface area contributed by atoms with Gasteiger partial charge in [-0.25, -0.2) is 13.6 Å². The minimum Gasteiger partial charge on any atom is -0.490 e. The highest BCUT2D eigenvalue weighted by Gasteiger charge is 2.16. The average Bonchev–Trinajstić information content (AvgIpc) is 2.82. The van der Waals surface area contributed by atoms with Gasteiger partial charge in [-0.3, -0.25) is 4.79 Å². The maximum atomic E-state index is 12.3. The Morgan fingerprint density at radius 1 is 1.00 bits per heavy atom. The number of rotatable bonds is 12. The van der Waals surface area contributed by atoms with Gasteiger partial charge in [0.2, 0.25) is 10.0 Å². The van der Waals surface area contributed by atoms with Crippen molar-refractivity contribution >= 4 is 28.3 Å². The summed E-state index contributed by atoms with van der Waals surface area (Å²) in [6.07, 6.45) is 6.41. The summed E-state index contributed by atoms with van der Waals surface area (Å²) in [5.41, 5.74) is 2.05. The van der Waals surface area contributed by atoms with E-state index in [4.69, 9.17) is 14.6 Å². The molecule has 1 fully saturated rings. The van der Waals surface area contributed by atoms with Crippen molar-refractivity contribution in [3.05, 3.63) is 53.6 Å². The van der Waals surface area contributed by atoms with Crippen molar-refractivity contribution in [2.24, 2.45) is 5.14 Å².